The summed E-state index contributed by atoms with van der Waals surface area (Å²) in [6.45, 7) is 2.01. The number of hydrogen-bond donors (Lipinski definition) is 2. The van der Waals surface area contributed by atoms with Crippen LogP contribution in [0.25, 0.3) is 5.69 Å². The van der Waals surface area contributed by atoms with Crippen LogP contribution in [0.3, 0.4) is 0 Å². The zero-order valence-electron chi connectivity index (χ0n) is 18.3. The average molecular weight is 484 g/mol. The zero-order chi connectivity index (χ0) is 23.9. The van der Waals surface area contributed by atoms with E-state index in [1.165, 1.54) is 23.9 Å². The van der Waals surface area contributed by atoms with E-state index in [4.69, 9.17) is 9.47 Å². The van der Waals surface area contributed by atoms with Crippen molar-refractivity contribution in [1.82, 2.24) is 25.4 Å². The van der Waals surface area contributed by atoms with Crippen LogP contribution in [0.1, 0.15) is 12.7 Å². The summed E-state index contributed by atoms with van der Waals surface area (Å²) in [5, 5.41) is 14.3. The second-order valence-electron chi connectivity index (χ2n) is 7.06. The molecule has 0 saturated heterocycles. The van der Waals surface area contributed by atoms with E-state index in [1.807, 2.05) is 30.3 Å². The van der Waals surface area contributed by atoms with E-state index in [9.17, 15) is 14.0 Å². The maximum Gasteiger partial charge on any atom is 0.337 e. The molecule has 1 aromatic heterocycles. The molecule has 2 amide bonds. The monoisotopic (exact) mass is 483 g/mol. The van der Waals surface area contributed by atoms with Crippen LogP contribution in [-0.2, 0) is 16.1 Å². The predicted molar refractivity (Wildman–Crippen MR) is 123 cm³/mol. The minimum absolute atomic E-state index is 0.0131. The van der Waals surface area contributed by atoms with Gasteiger partial charge in [0.2, 0.25) is 0 Å². The lowest BCUT2D eigenvalue weighted by molar-refractivity contribution is -0.138. The summed E-state index contributed by atoms with van der Waals surface area (Å²) in [5.41, 5.74) is 1.58. The molecule has 0 fully saturated rings. The van der Waals surface area contributed by atoms with E-state index in [0.29, 0.717) is 22.3 Å². The molecule has 176 valence electrons. The number of nitrogens with zero attached hydrogens (tertiary/aromatic N) is 3. The van der Waals surface area contributed by atoms with E-state index in [0.717, 1.165) is 5.69 Å². The molecule has 11 heteroatoms. The quantitative estimate of drug-likeness (QED) is 0.356. The minimum atomic E-state index is -0.492. The van der Waals surface area contributed by atoms with Gasteiger partial charge in [-0.15, -0.1) is 10.2 Å². The number of urea groups is 1. The number of amides is 2. The Morgan fingerprint density at radius 1 is 1.15 bits per heavy atom. The molecular weight excluding hydrogens is 461 g/mol. The number of benzene rings is 2. The number of para-hydroxylation sites is 2. The Morgan fingerprint density at radius 3 is 2.68 bits per heavy atom. The number of aromatic nitrogens is 3. The third kappa shape index (κ3) is 5.37. The second kappa shape index (κ2) is 10.8. The van der Waals surface area contributed by atoms with Crippen molar-refractivity contribution in [2.45, 2.75) is 18.7 Å². The van der Waals surface area contributed by atoms with Crippen LogP contribution in [0.15, 0.2) is 71.0 Å². The second-order valence-corrected chi connectivity index (χ2v) is 8.01. The first kappa shape index (κ1) is 23.3. The number of esters is 1. The fraction of sp³-hybridized carbons (Fsp3) is 0.217. The highest BCUT2D eigenvalue weighted by atomic mass is 32.2. The Hall–Kier alpha value is -3.86. The van der Waals surface area contributed by atoms with Gasteiger partial charge in [0, 0.05) is 17.1 Å². The molecule has 0 saturated carbocycles. The average Bonchev–Trinajstić information content (AvgIpc) is 3.25. The lowest BCUT2D eigenvalue weighted by atomic mass is 10.2. The van der Waals surface area contributed by atoms with Crippen molar-refractivity contribution in [3.05, 3.63) is 77.5 Å². The van der Waals surface area contributed by atoms with Crippen LogP contribution in [0.2, 0.25) is 0 Å². The predicted octanol–water partition coefficient (Wildman–Crippen LogP) is 3.21. The highest BCUT2D eigenvalue weighted by Crippen LogP contribution is 2.26. The molecule has 1 aliphatic heterocycles. The first-order chi connectivity index (χ1) is 16.6. The summed E-state index contributed by atoms with van der Waals surface area (Å²) in [7, 11) is 0. The molecule has 0 bridgehead atoms. The largest absolute Gasteiger partial charge is 0.483 e. The third-order valence-electron chi connectivity index (χ3n) is 4.83. The van der Waals surface area contributed by atoms with Gasteiger partial charge in [0.05, 0.1) is 18.7 Å². The molecule has 0 spiro atoms. The molecule has 0 atom stereocenters. The summed E-state index contributed by atoms with van der Waals surface area (Å²) in [5.74, 6) is -0.135. The Labute approximate surface area is 199 Å². The number of carbonyl (C=O) groups is 2. The van der Waals surface area contributed by atoms with Crippen LogP contribution in [0.5, 0.6) is 5.75 Å². The normalized spacial score (nSPS) is 13.3. The first-order valence-corrected chi connectivity index (χ1v) is 11.5. The van der Waals surface area contributed by atoms with E-state index in [1.54, 1.807) is 23.6 Å². The van der Waals surface area contributed by atoms with E-state index in [-0.39, 0.29) is 31.3 Å². The van der Waals surface area contributed by atoms with Crippen LogP contribution < -0.4 is 15.4 Å². The standard InChI is InChI=1S/C23H22FN5O4S/c1-2-32-21(30)16-12-25-22(31)26-18(16)14-34-23-28-27-20(29(23)15-8-4-3-5-9-15)13-33-19-11-7-6-10-17(19)24/h3-11H,2,12-14H2,1H3,(H2,25,26,31). The molecule has 0 aliphatic carbocycles. The van der Waals surface area contributed by atoms with Crippen LogP contribution in [-0.4, -0.2) is 45.7 Å². The fourth-order valence-corrected chi connectivity index (χ4v) is 4.19. The van der Waals surface area contributed by atoms with E-state index in [2.05, 4.69) is 20.8 Å². The van der Waals surface area contributed by atoms with Gasteiger partial charge in [-0.2, -0.15) is 0 Å². The number of hydrogen-bond acceptors (Lipinski definition) is 7. The number of halogens is 1. The lowest BCUT2D eigenvalue weighted by Gasteiger charge is -2.21. The van der Waals surface area contributed by atoms with Gasteiger partial charge in [-0.25, -0.2) is 14.0 Å². The van der Waals surface area contributed by atoms with Crippen LogP contribution in [0, 0.1) is 5.82 Å². The Bertz CT molecular complexity index is 1220. The van der Waals surface area contributed by atoms with Gasteiger partial charge in [-0.05, 0) is 31.2 Å². The SMILES string of the molecule is CCOC(=O)C1=C(CSc2nnc(COc3ccccc3F)n2-c2ccccc2)NC(=O)NC1. The summed E-state index contributed by atoms with van der Waals surface area (Å²) in [6.07, 6.45) is 0. The van der Waals surface area contributed by atoms with Crippen molar-refractivity contribution < 1.29 is 23.5 Å². The molecule has 3 aromatic rings. The fourth-order valence-electron chi connectivity index (χ4n) is 3.23. The Kier molecular flexibility index (Phi) is 7.43. The van der Waals surface area contributed by atoms with Crippen molar-refractivity contribution in [3.8, 4) is 11.4 Å². The number of rotatable bonds is 9. The van der Waals surface area contributed by atoms with Gasteiger partial charge in [-0.1, -0.05) is 42.1 Å². The van der Waals surface area contributed by atoms with Crippen LogP contribution >= 0.6 is 11.8 Å². The summed E-state index contributed by atoms with van der Waals surface area (Å²) in [6, 6.07) is 15.1. The molecular formula is C23H22FN5O4S. The summed E-state index contributed by atoms with van der Waals surface area (Å²) >= 11 is 1.29. The van der Waals surface area contributed by atoms with Crippen LogP contribution in [0.4, 0.5) is 9.18 Å². The summed E-state index contributed by atoms with van der Waals surface area (Å²) in [4.78, 5) is 24.2. The highest BCUT2D eigenvalue weighted by Gasteiger charge is 2.25. The molecule has 34 heavy (non-hydrogen) atoms. The maximum absolute atomic E-state index is 14.0. The molecule has 4 rings (SSSR count). The molecule has 2 aromatic carbocycles. The zero-order valence-corrected chi connectivity index (χ0v) is 19.1. The van der Waals surface area contributed by atoms with Gasteiger partial charge in [0.25, 0.3) is 0 Å². The van der Waals surface area contributed by atoms with E-state index < -0.39 is 17.8 Å². The molecule has 0 radical (unpaired) electrons. The first-order valence-electron chi connectivity index (χ1n) is 10.5. The topological polar surface area (TPSA) is 107 Å². The van der Waals surface area contributed by atoms with Crippen molar-refractivity contribution in [2.75, 3.05) is 18.9 Å². The molecule has 9 nitrogen and oxygen atoms in total. The highest BCUT2D eigenvalue weighted by molar-refractivity contribution is 7.99. The van der Waals surface area contributed by atoms with Crippen molar-refractivity contribution in [1.29, 1.82) is 0 Å². The van der Waals surface area contributed by atoms with Crippen molar-refractivity contribution >= 4 is 23.8 Å². The smallest absolute Gasteiger partial charge is 0.337 e. The van der Waals surface area contributed by atoms with Gasteiger partial charge >= 0.3 is 12.0 Å². The van der Waals surface area contributed by atoms with Crippen molar-refractivity contribution in [3.63, 3.8) is 0 Å². The van der Waals surface area contributed by atoms with Crippen molar-refractivity contribution in [2.24, 2.45) is 0 Å². The van der Waals surface area contributed by atoms with Gasteiger partial charge < -0.3 is 20.1 Å². The summed E-state index contributed by atoms with van der Waals surface area (Å²) < 4.78 is 26.5. The molecule has 0 unspecified atom stereocenters. The molecule has 2 heterocycles. The Balaban J connectivity index is 1.59. The number of thioether (sulfide) groups is 1. The maximum atomic E-state index is 14.0. The minimum Gasteiger partial charge on any atom is -0.483 e. The van der Waals surface area contributed by atoms with Gasteiger partial charge in [0.1, 0.15) is 6.61 Å². The Morgan fingerprint density at radius 2 is 1.91 bits per heavy atom. The van der Waals surface area contributed by atoms with E-state index >= 15 is 0 Å². The number of ether oxygens (including phenoxy) is 2. The number of nitrogens with one attached hydrogen (secondary N) is 2. The number of carbonyl (C=O) groups excluding carboxylic acids is 2. The lowest BCUT2D eigenvalue weighted by Crippen LogP contribution is -2.44. The molecule has 2 N–H and O–H groups in total. The third-order valence-corrected chi connectivity index (χ3v) is 5.79. The van der Waals surface area contributed by atoms with Gasteiger partial charge in [-0.3, -0.25) is 4.57 Å². The van der Waals surface area contributed by atoms with Gasteiger partial charge in [0.15, 0.2) is 22.5 Å². The molecule has 1 aliphatic rings.